The molecule has 3 aromatic rings. The molecule has 1 fully saturated rings. The number of aromatic nitrogens is 5. The monoisotopic (exact) mass is 296 g/mol. The Morgan fingerprint density at radius 1 is 1.14 bits per heavy atom. The van der Waals surface area contributed by atoms with Gasteiger partial charge in [-0.25, -0.2) is 9.50 Å². The van der Waals surface area contributed by atoms with Crippen LogP contribution in [0.2, 0.25) is 0 Å². The van der Waals surface area contributed by atoms with Crippen molar-refractivity contribution in [2.75, 3.05) is 13.1 Å². The van der Waals surface area contributed by atoms with E-state index in [0.717, 1.165) is 37.7 Å². The number of fused-ring (bicyclic) bond motifs is 1. The molecule has 0 N–H and O–H groups in total. The minimum atomic E-state index is 0.745. The predicted molar refractivity (Wildman–Crippen MR) is 83.2 cm³/mol. The number of hydrogen-bond acceptors (Lipinski definition) is 4. The first-order chi connectivity index (χ1) is 10.9. The van der Waals surface area contributed by atoms with Crippen LogP contribution in [0, 0.1) is 5.92 Å². The third kappa shape index (κ3) is 2.87. The van der Waals surface area contributed by atoms with Crippen LogP contribution in [0.25, 0.3) is 5.65 Å². The highest BCUT2D eigenvalue weighted by Gasteiger charge is 2.19. The van der Waals surface area contributed by atoms with Gasteiger partial charge in [0, 0.05) is 31.7 Å². The van der Waals surface area contributed by atoms with E-state index in [2.05, 4.69) is 43.1 Å². The standard InChI is InChI=1S/C16H20N6/c1-5-18-21(6-1)12-14-2-7-20(8-3-14)11-15-4-9-22-16(10-15)17-13-19-22/h1,4-6,9-10,13-14H,2-3,7-8,11-12H2. The van der Waals surface area contributed by atoms with E-state index in [4.69, 9.17) is 0 Å². The van der Waals surface area contributed by atoms with E-state index >= 15 is 0 Å². The molecule has 0 unspecified atom stereocenters. The van der Waals surface area contributed by atoms with Gasteiger partial charge in [-0.15, -0.1) is 0 Å². The summed E-state index contributed by atoms with van der Waals surface area (Å²) in [5.41, 5.74) is 2.23. The van der Waals surface area contributed by atoms with Gasteiger partial charge in [0.1, 0.15) is 6.33 Å². The normalized spacial score (nSPS) is 17.3. The molecule has 1 aliphatic rings. The van der Waals surface area contributed by atoms with Crippen molar-refractivity contribution < 1.29 is 0 Å². The lowest BCUT2D eigenvalue weighted by Crippen LogP contribution is -2.34. The second-order valence-corrected chi connectivity index (χ2v) is 6.05. The van der Waals surface area contributed by atoms with Crippen molar-refractivity contribution in [2.24, 2.45) is 5.92 Å². The molecule has 4 rings (SSSR count). The molecule has 0 aliphatic carbocycles. The molecule has 114 valence electrons. The number of likely N-dealkylation sites (tertiary alicyclic amines) is 1. The molecule has 4 heterocycles. The second-order valence-electron chi connectivity index (χ2n) is 6.05. The molecular weight excluding hydrogens is 276 g/mol. The number of pyridine rings is 1. The van der Waals surface area contributed by atoms with Crippen LogP contribution in [-0.2, 0) is 13.1 Å². The van der Waals surface area contributed by atoms with Gasteiger partial charge in [-0.1, -0.05) is 0 Å². The molecule has 1 saturated heterocycles. The van der Waals surface area contributed by atoms with Crippen molar-refractivity contribution in [3.05, 3.63) is 48.7 Å². The summed E-state index contributed by atoms with van der Waals surface area (Å²) in [5.74, 6) is 0.745. The molecule has 6 heteroatoms. The fourth-order valence-corrected chi connectivity index (χ4v) is 3.21. The van der Waals surface area contributed by atoms with Crippen LogP contribution < -0.4 is 0 Å². The van der Waals surface area contributed by atoms with E-state index in [1.165, 1.54) is 18.4 Å². The maximum atomic E-state index is 4.31. The summed E-state index contributed by atoms with van der Waals surface area (Å²) in [7, 11) is 0. The predicted octanol–water partition coefficient (Wildman–Crippen LogP) is 1.84. The maximum Gasteiger partial charge on any atom is 0.155 e. The molecule has 22 heavy (non-hydrogen) atoms. The van der Waals surface area contributed by atoms with Crippen molar-refractivity contribution in [3.63, 3.8) is 0 Å². The lowest BCUT2D eigenvalue weighted by Gasteiger charge is -2.31. The van der Waals surface area contributed by atoms with Crippen LogP contribution in [0.3, 0.4) is 0 Å². The molecule has 6 nitrogen and oxygen atoms in total. The Morgan fingerprint density at radius 2 is 2.05 bits per heavy atom. The Morgan fingerprint density at radius 3 is 2.86 bits per heavy atom. The molecular formula is C16H20N6. The SMILES string of the molecule is c1cnn(CC2CCN(Cc3ccn4ncnc4c3)CC2)c1. The lowest BCUT2D eigenvalue weighted by molar-refractivity contribution is 0.164. The molecule has 3 aromatic heterocycles. The van der Waals surface area contributed by atoms with E-state index in [9.17, 15) is 0 Å². The van der Waals surface area contributed by atoms with Gasteiger partial charge in [0.2, 0.25) is 0 Å². The molecule has 0 atom stereocenters. The Balaban J connectivity index is 1.33. The van der Waals surface area contributed by atoms with Crippen LogP contribution in [0.4, 0.5) is 0 Å². The first kappa shape index (κ1) is 13.5. The van der Waals surface area contributed by atoms with Gasteiger partial charge in [-0.3, -0.25) is 9.58 Å². The average Bonchev–Trinajstić information content (AvgIpc) is 3.20. The minimum absolute atomic E-state index is 0.745. The van der Waals surface area contributed by atoms with Crippen LogP contribution in [0.5, 0.6) is 0 Å². The second kappa shape index (κ2) is 5.88. The minimum Gasteiger partial charge on any atom is -0.299 e. The zero-order chi connectivity index (χ0) is 14.8. The molecule has 0 spiro atoms. The fourth-order valence-electron chi connectivity index (χ4n) is 3.21. The van der Waals surface area contributed by atoms with Gasteiger partial charge in [0.15, 0.2) is 5.65 Å². The Bertz CT molecular complexity index is 724. The van der Waals surface area contributed by atoms with Crippen molar-refractivity contribution in [1.29, 1.82) is 0 Å². The molecule has 1 aliphatic heterocycles. The highest BCUT2D eigenvalue weighted by molar-refractivity contribution is 5.39. The molecule has 0 radical (unpaired) electrons. The van der Waals surface area contributed by atoms with Crippen molar-refractivity contribution in [3.8, 4) is 0 Å². The van der Waals surface area contributed by atoms with Crippen LogP contribution >= 0.6 is 0 Å². The summed E-state index contributed by atoms with van der Waals surface area (Å²) in [4.78, 5) is 6.78. The summed E-state index contributed by atoms with van der Waals surface area (Å²) in [6, 6.07) is 6.26. The van der Waals surface area contributed by atoms with Gasteiger partial charge < -0.3 is 0 Å². The van der Waals surface area contributed by atoms with E-state index in [1.807, 2.05) is 18.5 Å². The number of hydrogen-bond donors (Lipinski definition) is 0. The third-order valence-electron chi connectivity index (χ3n) is 4.46. The topological polar surface area (TPSA) is 51.2 Å². The zero-order valence-electron chi connectivity index (χ0n) is 12.5. The fraction of sp³-hybridized carbons (Fsp3) is 0.438. The molecule has 0 aromatic carbocycles. The lowest BCUT2D eigenvalue weighted by atomic mass is 9.96. The molecule has 0 bridgehead atoms. The highest BCUT2D eigenvalue weighted by atomic mass is 15.3. The Labute approximate surface area is 129 Å². The summed E-state index contributed by atoms with van der Waals surface area (Å²) >= 11 is 0. The van der Waals surface area contributed by atoms with Crippen LogP contribution in [0.1, 0.15) is 18.4 Å². The Hall–Kier alpha value is -2.21. The van der Waals surface area contributed by atoms with Gasteiger partial charge >= 0.3 is 0 Å². The quantitative estimate of drug-likeness (QED) is 0.737. The summed E-state index contributed by atoms with van der Waals surface area (Å²) in [5, 5.41) is 8.44. The van der Waals surface area contributed by atoms with E-state index in [1.54, 1.807) is 10.8 Å². The van der Waals surface area contributed by atoms with E-state index in [0.29, 0.717) is 0 Å². The number of piperidine rings is 1. The Kier molecular flexibility index (Phi) is 3.60. The first-order valence-corrected chi connectivity index (χ1v) is 7.85. The van der Waals surface area contributed by atoms with Crippen LogP contribution in [-0.4, -0.2) is 42.4 Å². The zero-order valence-corrected chi connectivity index (χ0v) is 12.5. The van der Waals surface area contributed by atoms with Crippen LogP contribution in [0.15, 0.2) is 43.1 Å². The summed E-state index contributed by atoms with van der Waals surface area (Å²) in [6.45, 7) is 4.36. The van der Waals surface area contributed by atoms with E-state index in [-0.39, 0.29) is 0 Å². The summed E-state index contributed by atoms with van der Waals surface area (Å²) < 4.78 is 3.86. The largest absolute Gasteiger partial charge is 0.299 e. The first-order valence-electron chi connectivity index (χ1n) is 7.85. The maximum absolute atomic E-state index is 4.31. The molecule has 0 amide bonds. The number of rotatable bonds is 4. The average molecular weight is 296 g/mol. The summed E-state index contributed by atoms with van der Waals surface area (Å²) in [6.07, 6.45) is 9.98. The van der Waals surface area contributed by atoms with Gasteiger partial charge in [-0.2, -0.15) is 10.2 Å². The van der Waals surface area contributed by atoms with Crippen molar-refractivity contribution in [2.45, 2.75) is 25.9 Å². The van der Waals surface area contributed by atoms with E-state index < -0.39 is 0 Å². The van der Waals surface area contributed by atoms with Crippen molar-refractivity contribution in [1.82, 2.24) is 29.3 Å². The smallest absolute Gasteiger partial charge is 0.155 e. The van der Waals surface area contributed by atoms with Crippen molar-refractivity contribution >= 4 is 5.65 Å². The van der Waals surface area contributed by atoms with Gasteiger partial charge in [0.25, 0.3) is 0 Å². The molecule has 0 saturated carbocycles. The van der Waals surface area contributed by atoms with Gasteiger partial charge in [-0.05, 0) is 55.6 Å². The number of nitrogens with zero attached hydrogens (tertiary/aromatic N) is 6. The highest BCUT2D eigenvalue weighted by Crippen LogP contribution is 2.20. The third-order valence-corrected chi connectivity index (χ3v) is 4.46. The van der Waals surface area contributed by atoms with Gasteiger partial charge in [0.05, 0.1) is 0 Å².